The molecule has 0 aliphatic heterocycles. The van der Waals surface area contributed by atoms with Crippen LogP contribution in [0.5, 0.6) is 0 Å². The van der Waals surface area contributed by atoms with Gasteiger partial charge in [0.05, 0.1) is 15.7 Å². The molecule has 2 aromatic carbocycles. The molecule has 0 saturated heterocycles. The van der Waals surface area contributed by atoms with Gasteiger partial charge in [-0.1, -0.05) is 55.1 Å². The summed E-state index contributed by atoms with van der Waals surface area (Å²) < 4.78 is 28.4. The molecule has 0 bridgehead atoms. The smallest absolute Gasteiger partial charge is 0.263 e. The summed E-state index contributed by atoms with van der Waals surface area (Å²) in [5.41, 5.74) is 0.278. The predicted octanol–water partition coefficient (Wildman–Crippen LogP) is 5.32. The lowest BCUT2D eigenvalue weighted by Gasteiger charge is -2.11. The van der Waals surface area contributed by atoms with Gasteiger partial charge >= 0.3 is 0 Å². The number of benzene rings is 2. The zero-order valence-corrected chi connectivity index (χ0v) is 15.2. The number of anilines is 1. The highest BCUT2D eigenvalue weighted by Crippen LogP contribution is 2.30. The van der Waals surface area contributed by atoms with Crippen molar-refractivity contribution in [3.8, 4) is 0 Å². The number of hydrogen-bond donors (Lipinski definition) is 1. The lowest BCUT2D eigenvalue weighted by atomic mass is 10.3. The fourth-order valence-electron chi connectivity index (χ4n) is 1.47. The summed E-state index contributed by atoms with van der Waals surface area (Å²) in [6.45, 7) is 0. The van der Waals surface area contributed by atoms with E-state index >= 15 is 0 Å². The van der Waals surface area contributed by atoms with E-state index in [0.717, 1.165) is 0 Å². The number of hydrogen-bond acceptors (Lipinski definition) is 2. The molecule has 0 radical (unpaired) electrons. The molecule has 2 rings (SSSR count). The number of halogens is 4. The summed E-state index contributed by atoms with van der Waals surface area (Å²) in [4.78, 5) is -0.0154. The second kappa shape index (κ2) is 6.23. The van der Waals surface area contributed by atoms with E-state index in [9.17, 15) is 8.42 Å². The van der Waals surface area contributed by atoms with Gasteiger partial charge in [-0.05, 0) is 36.4 Å². The van der Waals surface area contributed by atoms with Crippen molar-refractivity contribution >= 4 is 70.8 Å². The monoisotopic (exact) mass is 457 g/mol. The quantitative estimate of drug-likeness (QED) is 0.675. The van der Waals surface area contributed by atoms with E-state index in [4.69, 9.17) is 23.2 Å². The third-order valence-electron chi connectivity index (χ3n) is 2.36. The molecular weight excluding hydrogens is 453 g/mol. The molecule has 3 nitrogen and oxygen atoms in total. The molecule has 0 fully saturated rings. The first-order valence-electron chi connectivity index (χ1n) is 5.22. The van der Waals surface area contributed by atoms with E-state index in [1.54, 1.807) is 24.3 Å². The first-order valence-corrected chi connectivity index (χ1v) is 9.05. The minimum absolute atomic E-state index is 0.0154. The van der Waals surface area contributed by atoms with Gasteiger partial charge in [0.25, 0.3) is 10.0 Å². The van der Waals surface area contributed by atoms with Crippen molar-refractivity contribution in [1.82, 2.24) is 0 Å². The van der Waals surface area contributed by atoms with Crippen LogP contribution in [-0.2, 0) is 10.0 Å². The van der Waals surface area contributed by atoms with Gasteiger partial charge in [-0.3, -0.25) is 4.72 Å². The normalized spacial score (nSPS) is 11.4. The van der Waals surface area contributed by atoms with Crippen molar-refractivity contribution in [3.05, 3.63) is 55.4 Å². The molecule has 1 N–H and O–H groups in total. The first kappa shape index (κ1) is 16.1. The molecule has 0 amide bonds. The Balaban J connectivity index is 2.43. The molecule has 0 aliphatic carbocycles. The van der Waals surface area contributed by atoms with Crippen LogP contribution in [0.1, 0.15) is 0 Å². The van der Waals surface area contributed by atoms with Gasteiger partial charge in [0, 0.05) is 8.95 Å². The summed E-state index contributed by atoms with van der Waals surface area (Å²) in [6, 6.07) is 9.41. The zero-order valence-electron chi connectivity index (χ0n) is 9.70. The maximum Gasteiger partial charge on any atom is 0.263 e. The second-order valence-corrected chi connectivity index (χ2v) is 8.10. The Labute approximate surface area is 143 Å². The molecule has 0 aromatic heterocycles. The summed E-state index contributed by atoms with van der Waals surface area (Å²) in [7, 11) is -3.81. The fourth-order valence-corrected chi connectivity index (χ4v) is 4.16. The third-order valence-corrected chi connectivity index (χ3v) is 5.52. The largest absolute Gasteiger partial charge is 0.278 e. The number of rotatable bonds is 3. The van der Waals surface area contributed by atoms with Crippen molar-refractivity contribution in [2.24, 2.45) is 0 Å². The van der Waals surface area contributed by atoms with Crippen molar-refractivity contribution < 1.29 is 8.42 Å². The number of nitrogens with one attached hydrogen (secondary N) is 1. The van der Waals surface area contributed by atoms with E-state index in [1.165, 1.54) is 12.1 Å². The van der Waals surface area contributed by atoms with E-state index in [0.29, 0.717) is 14.0 Å². The molecule has 106 valence electrons. The Morgan fingerprint density at radius 3 is 2.15 bits per heavy atom. The zero-order chi connectivity index (χ0) is 14.9. The van der Waals surface area contributed by atoms with Gasteiger partial charge in [-0.25, -0.2) is 8.42 Å². The van der Waals surface area contributed by atoms with E-state index < -0.39 is 10.0 Å². The second-order valence-electron chi connectivity index (χ2n) is 3.80. The van der Waals surface area contributed by atoms with Gasteiger partial charge in [0.15, 0.2) is 0 Å². The van der Waals surface area contributed by atoms with Crippen molar-refractivity contribution in [1.29, 1.82) is 0 Å². The molecule has 0 unspecified atom stereocenters. The first-order chi connectivity index (χ1) is 9.29. The molecule has 0 saturated carbocycles. The van der Waals surface area contributed by atoms with Crippen LogP contribution in [0.2, 0.25) is 10.0 Å². The molecule has 2 aromatic rings. The van der Waals surface area contributed by atoms with Crippen molar-refractivity contribution in [2.45, 2.75) is 4.90 Å². The van der Waals surface area contributed by atoms with Crippen LogP contribution in [0.25, 0.3) is 0 Å². The van der Waals surface area contributed by atoms with Crippen LogP contribution in [-0.4, -0.2) is 8.42 Å². The topological polar surface area (TPSA) is 46.2 Å². The van der Waals surface area contributed by atoms with Crippen LogP contribution in [0.15, 0.2) is 50.2 Å². The summed E-state index contributed by atoms with van der Waals surface area (Å²) >= 11 is 18.4. The van der Waals surface area contributed by atoms with Gasteiger partial charge in [0.1, 0.15) is 4.90 Å². The maximum absolute atomic E-state index is 12.3. The Kier molecular flexibility index (Phi) is 5.02. The number of sulfonamides is 1. The fraction of sp³-hybridized carbons (Fsp3) is 0. The van der Waals surface area contributed by atoms with Crippen molar-refractivity contribution in [2.75, 3.05) is 4.72 Å². The molecule has 8 heteroatoms. The van der Waals surface area contributed by atoms with Gasteiger partial charge in [0.2, 0.25) is 0 Å². The molecule has 0 aliphatic rings. The summed E-state index contributed by atoms with van der Waals surface area (Å²) in [6.07, 6.45) is 0. The molecule has 0 heterocycles. The van der Waals surface area contributed by atoms with Crippen LogP contribution >= 0.6 is 55.1 Å². The molecule has 0 spiro atoms. The maximum atomic E-state index is 12.3. The Morgan fingerprint density at radius 1 is 0.900 bits per heavy atom. The highest BCUT2D eigenvalue weighted by Gasteiger charge is 2.19. The Bertz CT molecular complexity index is 766. The predicted molar refractivity (Wildman–Crippen MR) is 89.1 cm³/mol. The summed E-state index contributed by atoms with van der Waals surface area (Å²) in [5.74, 6) is 0. The van der Waals surface area contributed by atoms with Crippen LogP contribution in [0.4, 0.5) is 5.69 Å². The van der Waals surface area contributed by atoms with E-state index in [1.807, 2.05) is 0 Å². The van der Waals surface area contributed by atoms with E-state index in [-0.39, 0.29) is 15.6 Å². The minimum Gasteiger partial charge on any atom is -0.278 e. The van der Waals surface area contributed by atoms with Crippen LogP contribution in [0.3, 0.4) is 0 Å². The Hall–Kier alpha value is -0.270. The lowest BCUT2D eigenvalue weighted by molar-refractivity contribution is 0.601. The van der Waals surface area contributed by atoms with Crippen molar-refractivity contribution in [3.63, 3.8) is 0 Å². The molecule has 20 heavy (non-hydrogen) atoms. The molecular formula is C12H7Br2Cl2NO2S. The SMILES string of the molecule is O=S(=O)(Nc1cc(Br)ccc1Cl)c1ccc(Br)cc1Cl. The average molecular weight is 460 g/mol. The lowest BCUT2D eigenvalue weighted by Crippen LogP contribution is -2.13. The third kappa shape index (κ3) is 3.68. The Morgan fingerprint density at radius 2 is 1.50 bits per heavy atom. The highest BCUT2D eigenvalue weighted by molar-refractivity contribution is 9.10. The van der Waals surface area contributed by atoms with Gasteiger partial charge in [-0.15, -0.1) is 0 Å². The van der Waals surface area contributed by atoms with E-state index in [2.05, 4.69) is 36.6 Å². The average Bonchev–Trinajstić information content (AvgIpc) is 2.33. The highest BCUT2D eigenvalue weighted by atomic mass is 79.9. The van der Waals surface area contributed by atoms with Crippen LogP contribution < -0.4 is 4.72 Å². The summed E-state index contributed by atoms with van der Waals surface area (Å²) in [5, 5.41) is 0.419. The molecule has 0 atom stereocenters. The van der Waals surface area contributed by atoms with Crippen LogP contribution in [0, 0.1) is 0 Å². The van der Waals surface area contributed by atoms with Gasteiger partial charge < -0.3 is 0 Å². The standard InChI is InChI=1S/C12H7Br2Cl2NO2S/c13-7-2-4-12(10(16)5-7)20(18,19)17-11-6-8(14)1-3-9(11)15/h1-6,17H. The van der Waals surface area contributed by atoms with Gasteiger partial charge in [-0.2, -0.15) is 0 Å². The minimum atomic E-state index is -3.81.